The van der Waals surface area contributed by atoms with Gasteiger partial charge in [-0.2, -0.15) is 0 Å². The molecule has 0 aromatic heterocycles. The summed E-state index contributed by atoms with van der Waals surface area (Å²) in [6.45, 7) is 5.61. The molecule has 0 aliphatic carbocycles. The van der Waals surface area contributed by atoms with E-state index >= 15 is 0 Å². The summed E-state index contributed by atoms with van der Waals surface area (Å²) in [5, 5.41) is 2.19. The van der Waals surface area contributed by atoms with Crippen molar-refractivity contribution < 1.29 is 14.2 Å². The van der Waals surface area contributed by atoms with E-state index in [1.54, 1.807) is 0 Å². The summed E-state index contributed by atoms with van der Waals surface area (Å²) in [4.78, 5) is 0. The molecular formula is C14H19BrN2O3. The second-order valence-electron chi connectivity index (χ2n) is 4.89. The minimum atomic E-state index is 0.705. The van der Waals surface area contributed by atoms with Crippen molar-refractivity contribution in [2.24, 2.45) is 0 Å². The second kappa shape index (κ2) is 6.76. The molecule has 5 nitrogen and oxygen atoms in total. The molecule has 1 aromatic rings. The zero-order chi connectivity index (χ0) is 13.8. The highest BCUT2D eigenvalue weighted by atomic mass is 79.9. The van der Waals surface area contributed by atoms with Crippen LogP contribution in [-0.4, -0.2) is 44.5 Å². The van der Waals surface area contributed by atoms with Crippen LogP contribution in [0, 0.1) is 0 Å². The number of halogens is 1. The Morgan fingerprint density at radius 1 is 1.10 bits per heavy atom. The van der Waals surface area contributed by atoms with Crippen LogP contribution in [0.1, 0.15) is 12.0 Å². The fourth-order valence-electron chi connectivity index (χ4n) is 2.31. The molecule has 20 heavy (non-hydrogen) atoms. The summed E-state index contributed by atoms with van der Waals surface area (Å²) in [6, 6.07) is 4.14. The number of nitrogens with one attached hydrogen (secondary N) is 1. The van der Waals surface area contributed by atoms with Crippen LogP contribution in [0.3, 0.4) is 0 Å². The maximum atomic E-state index is 5.75. The molecule has 6 heteroatoms. The van der Waals surface area contributed by atoms with Gasteiger partial charge in [-0.3, -0.25) is 5.43 Å². The third-order valence-corrected chi connectivity index (χ3v) is 3.97. The SMILES string of the molecule is Brc1cc(CNN2CCOCC2)cc2c1OCCCO2. The van der Waals surface area contributed by atoms with E-state index in [2.05, 4.69) is 38.5 Å². The predicted octanol–water partition coefficient (Wildman–Crippen LogP) is 1.95. The number of hydrogen-bond acceptors (Lipinski definition) is 5. The van der Waals surface area contributed by atoms with Gasteiger partial charge in [0.15, 0.2) is 11.5 Å². The van der Waals surface area contributed by atoms with Gasteiger partial charge >= 0.3 is 0 Å². The molecule has 0 saturated carbocycles. The van der Waals surface area contributed by atoms with Gasteiger partial charge in [-0.05, 0) is 33.6 Å². The Morgan fingerprint density at radius 2 is 1.90 bits per heavy atom. The number of rotatable bonds is 3. The highest BCUT2D eigenvalue weighted by molar-refractivity contribution is 9.10. The van der Waals surface area contributed by atoms with Crippen LogP contribution >= 0.6 is 15.9 Å². The summed E-state index contributed by atoms with van der Waals surface area (Å²) in [5.41, 5.74) is 4.60. The van der Waals surface area contributed by atoms with Crippen molar-refractivity contribution in [1.29, 1.82) is 0 Å². The third-order valence-electron chi connectivity index (χ3n) is 3.38. The van der Waals surface area contributed by atoms with Gasteiger partial charge in [0, 0.05) is 26.1 Å². The molecule has 0 radical (unpaired) electrons. The van der Waals surface area contributed by atoms with Gasteiger partial charge in [-0.1, -0.05) is 0 Å². The first kappa shape index (κ1) is 14.1. The summed E-state index contributed by atoms with van der Waals surface area (Å²) in [7, 11) is 0. The zero-order valence-corrected chi connectivity index (χ0v) is 12.9. The van der Waals surface area contributed by atoms with E-state index in [9.17, 15) is 0 Å². The van der Waals surface area contributed by atoms with Gasteiger partial charge in [0.25, 0.3) is 0 Å². The van der Waals surface area contributed by atoms with Crippen LogP contribution in [0.4, 0.5) is 0 Å². The molecule has 1 aromatic carbocycles. The number of fused-ring (bicyclic) bond motifs is 1. The van der Waals surface area contributed by atoms with E-state index in [0.717, 1.165) is 55.2 Å². The van der Waals surface area contributed by atoms with Crippen LogP contribution in [-0.2, 0) is 11.3 Å². The predicted molar refractivity (Wildman–Crippen MR) is 79.0 cm³/mol. The quantitative estimate of drug-likeness (QED) is 0.909. The van der Waals surface area contributed by atoms with Crippen molar-refractivity contribution in [3.05, 3.63) is 22.2 Å². The minimum Gasteiger partial charge on any atom is -0.490 e. The van der Waals surface area contributed by atoms with Crippen LogP contribution in [0.2, 0.25) is 0 Å². The lowest BCUT2D eigenvalue weighted by molar-refractivity contribution is 0.0105. The summed E-state index contributed by atoms with van der Waals surface area (Å²) < 4.78 is 17.7. The van der Waals surface area contributed by atoms with E-state index in [-0.39, 0.29) is 0 Å². The van der Waals surface area contributed by atoms with Gasteiger partial charge in [0.05, 0.1) is 30.9 Å². The Bertz CT molecular complexity index is 464. The van der Waals surface area contributed by atoms with E-state index < -0.39 is 0 Å². The third kappa shape index (κ3) is 3.44. The second-order valence-corrected chi connectivity index (χ2v) is 5.74. The van der Waals surface area contributed by atoms with E-state index in [1.165, 1.54) is 5.56 Å². The van der Waals surface area contributed by atoms with Crippen molar-refractivity contribution in [2.45, 2.75) is 13.0 Å². The molecule has 2 aliphatic heterocycles. The van der Waals surface area contributed by atoms with Crippen LogP contribution in [0.25, 0.3) is 0 Å². The van der Waals surface area contributed by atoms with Crippen LogP contribution in [0.15, 0.2) is 16.6 Å². The van der Waals surface area contributed by atoms with Gasteiger partial charge in [0.1, 0.15) is 0 Å². The number of benzene rings is 1. The highest BCUT2D eigenvalue weighted by Gasteiger charge is 2.16. The van der Waals surface area contributed by atoms with Crippen LogP contribution in [0.5, 0.6) is 11.5 Å². The lowest BCUT2D eigenvalue weighted by Crippen LogP contribution is -2.45. The first-order chi connectivity index (χ1) is 9.83. The maximum absolute atomic E-state index is 5.75. The van der Waals surface area contributed by atoms with Crippen molar-refractivity contribution >= 4 is 15.9 Å². The zero-order valence-electron chi connectivity index (χ0n) is 11.4. The van der Waals surface area contributed by atoms with Gasteiger partial charge in [-0.15, -0.1) is 0 Å². The first-order valence-electron chi connectivity index (χ1n) is 6.97. The Morgan fingerprint density at radius 3 is 2.75 bits per heavy atom. The molecule has 0 atom stereocenters. The smallest absolute Gasteiger partial charge is 0.175 e. The monoisotopic (exact) mass is 342 g/mol. The van der Waals surface area contributed by atoms with Crippen molar-refractivity contribution in [3.63, 3.8) is 0 Å². The van der Waals surface area contributed by atoms with Gasteiger partial charge < -0.3 is 14.2 Å². The Hall–Kier alpha value is -0.820. The van der Waals surface area contributed by atoms with Crippen molar-refractivity contribution in [3.8, 4) is 11.5 Å². The lowest BCUT2D eigenvalue weighted by Gasteiger charge is -2.27. The lowest BCUT2D eigenvalue weighted by atomic mass is 10.2. The molecule has 110 valence electrons. The molecule has 1 saturated heterocycles. The van der Waals surface area contributed by atoms with Crippen molar-refractivity contribution in [1.82, 2.24) is 10.4 Å². The number of nitrogens with zero attached hydrogens (tertiary/aromatic N) is 1. The highest BCUT2D eigenvalue weighted by Crippen LogP contribution is 2.38. The molecule has 1 fully saturated rings. The minimum absolute atomic E-state index is 0.705. The molecule has 2 aliphatic rings. The normalized spacial score (nSPS) is 19.6. The number of hydrogen-bond donors (Lipinski definition) is 1. The van der Waals surface area contributed by atoms with E-state index in [0.29, 0.717) is 13.2 Å². The Labute approximate surface area is 127 Å². The Kier molecular flexibility index (Phi) is 4.77. The molecule has 3 rings (SSSR count). The van der Waals surface area contributed by atoms with Crippen molar-refractivity contribution in [2.75, 3.05) is 39.5 Å². The maximum Gasteiger partial charge on any atom is 0.175 e. The fraction of sp³-hybridized carbons (Fsp3) is 0.571. The molecule has 0 bridgehead atoms. The molecule has 2 heterocycles. The van der Waals surface area contributed by atoms with E-state index in [1.807, 2.05) is 0 Å². The molecule has 0 amide bonds. The summed E-state index contributed by atoms with van der Waals surface area (Å²) in [5.74, 6) is 1.65. The fourth-order valence-corrected chi connectivity index (χ4v) is 2.91. The Balaban J connectivity index is 1.67. The van der Waals surface area contributed by atoms with E-state index in [4.69, 9.17) is 14.2 Å². The van der Waals surface area contributed by atoms with Gasteiger partial charge in [-0.25, -0.2) is 5.01 Å². The summed E-state index contributed by atoms with van der Waals surface area (Å²) in [6.07, 6.45) is 0.919. The largest absolute Gasteiger partial charge is 0.490 e. The average molecular weight is 343 g/mol. The first-order valence-corrected chi connectivity index (χ1v) is 7.76. The number of morpholine rings is 1. The summed E-state index contributed by atoms with van der Waals surface area (Å²) >= 11 is 3.57. The average Bonchev–Trinajstić information content (AvgIpc) is 2.72. The molecular weight excluding hydrogens is 324 g/mol. The molecule has 0 unspecified atom stereocenters. The number of ether oxygens (including phenoxy) is 3. The standard InChI is InChI=1S/C14H19BrN2O3/c15-12-8-11(10-16-17-2-6-18-7-3-17)9-13-14(12)20-5-1-4-19-13/h8-9,16H,1-7,10H2. The number of hydrazine groups is 1. The van der Waals surface area contributed by atoms with Crippen LogP contribution < -0.4 is 14.9 Å². The molecule has 1 N–H and O–H groups in total. The van der Waals surface area contributed by atoms with Gasteiger partial charge in [0.2, 0.25) is 0 Å². The topological polar surface area (TPSA) is 43.0 Å². The molecule has 0 spiro atoms.